The van der Waals surface area contributed by atoms with Gasteiger partial charge in [-0.25, -0.2) is 9.59 Å². The normalized spacial score (nSPS) is 12.4. The first-order chi connectivity index (χ1) is 24.8. The minimum Gasteiger partial charge on any atom is -0.505 e. The summed E-state index contributed by atoms with van der Waals surface area (Å²) in [5.41, 5.74) is 1.91. The maximum Gasteiger partial charge on any atom is 0.416 e. The van der Waals surface area contributed by atoms with E-state index in [2.05, 4.69) is 20.3 Å². The highest BCUT2D eigenvalue weighted by atomic mass is 35.5. The van der Waals surface area contributed by atoms with E-state index in [1.54, 1.807) is 60.7 Å². The van der Waals surface area contributed by atoms with Crippen molar-refractivity contribution in [2.45, 2.75) is 18.6 Å². The molecule has 2 unspecified atom stereocenters. The van der Waals surface area contributed by atoms with Gasteiger partial charge < -0.3 is 24.7 Å². The summed E-state index contributed by atoms with van der Waals surface area (Å²) in [4.78, 5) is 41.6. The molecule has 0 saturated carbocycles. The molecule has 0 aliphatic carbocycles. The number of nitrogens with zero attached hydrogens (tertiary/aromatic N) is 4. The number of phenols is 1. The highest BCUT2D eigenvalue weighted by Gasteiger charge is 2.35. The molecule has 13 heteroatoms. The fraction of sp³-hybridized carbons (Fsp3) is 0.0789. The summed E-state index contributed by atoms with van der Waals surface area (Å²) in [5, 5.41) is 25.6. The van der Waals surface area contributed by atoms with Gasteiger partial charge in [0.05, 0.1) is 28.5 Å². The van der Waals surface area contributed by atoms with Crippen molar-refractivity contribution in [2.75, 3.05) is 0 Å². The first kappa shape index (κ1) is 33.3. The summed E-state index contributed by atoms with van der Waals surface area (Å²) in [6.45, 7) is -0.0202. The van der Waals surface area contributed by atoms with Crippen LogP contribution in [0.3, 0.4) is 0 Å². The van der Waals surface area contributed by atoms with Crippen LogP contribution in [0.4, 0.5) is 9.59 Å². The van der Waals surface area contributed by atoms with Crippen LogP contribution in [0.1, 0.15) is 40.2 Å². The molecule has 254 valence electrons. The Morgan fingerprint density at radius 1 is 0.804 bits per heavy atom. The number of hydrogen-bond acceptors (Lipinski definition) is 8. The van der Waals surface area contributed by atoms with Crippen molar-refractivity contribution in [1.29, 1.82) is 0 Å². The highest BCUT2D eigenvalue weighted by molar-refractivity contribution is 6.36. The van der Waals surface area contributed by atoms with E-state index in [-0.39, 0.29) is 45.2 Å². The van der Waals surface area contributed by atoms with Crippen LogP contribution >= 0.6 is 23.2 Å². The average Bonchev–Trinajstić information content (AvgIpc) is 3.69. The van der Waals surface area contributed by atoms with Gasteiger partial charge in [0.15, 0.2) is 5.75 Å². The highest BCUT2D eigenvalue weighted by Crippen LogP contribution is 2.43. The Bertz CT molecular complexity index is 2360. The van der Waals surface area contributed by atoms with E-state index in [0.29, 0.717) is 27.2 Å². The predicted molar refractivity (Wildman–Crippen MR) is 191 cm³/mol. The van der Waals surface area contributed by atoms with Gasteiger partial charge in [0.2, 0.25) is 0 Å². The lowest BCUT2D eigenvalue weighted by atomic mass is 9.98. The Kier molecular flexibility index (Phi) is 9.38. The Morgan fingerprint density at radius 2 is 1.47 bits per heavy atom. The molecule has 7 rings (SSSR count). The van der Waals surface area contributed by atoms with Crippen LogP contribution in [-0.4, -0.2) is 42.3 Å². The average molecular weight is 721 g/mol. The molecule has 2 amide bonds. The molecule has 3 N–H and O–H groups in total. The second-order valence-electron chi connectivity index (χ2n) is 11.4. The fourth-order valence-electron chi connectivity index (χ4n) is 6.02. The number of aromatic nitrogens is 3. The number of rotatable bonds is 9. The number of amides is 2. The summed E-state index contributed by atoms with van der Waals surface area (Å²) in [6.07, 6.45) is 3.78. The molecule has 0 spiro atoms. The van der Waals surface area contributed by atoms with Crippen molar-refractivity contribution in [2.24, 2.45) is 0 Å². The van der Waals surface area contributed by atoms with Gasteiger partial charge in [0.25, 0.3) is 0 Å². The molecule has 0 aliphatic heterocycles. The first-order valence-corrected chi connectivity index (χ1v) is 16.3. The number of carboxylic acid groups (broad SMARTS) is 1. The summed E-state index contributed by atoms with van der Waals surface area (Å²) in [7, 11) is 0. The van der Waals surface area contributed by atoms with Gasteiger partial charge in [-0.2, -0.15) is 0 Å². The van der Waals surface area contributed by atoms with Crippen LogP contribution in [-0.2, 0) is 6.54 Å². The number of phenolic OH excluding ortho intramolecular Hbond substituents is 1. The van der Waals surface area contributed by atoms with Gasteiger partial charge in [-0.15, -0.1) is 0 Å². The topological polar surface area (TPSA) is 151 Å². The van der Waals surface area contributed by atoms with E-state index < -0.39 is 24.3 Å². The zero-order chi connectivity index (χ0) is 35.5. The molecular formula is C38H27Cl2N5O6. The van der Waals surface area contributed by atoms with E-state index >= 15 is 0 Å². The maximum atomic E-state index is 14.9. The number of halogens is 2. The lowest BCUT2D eigenvalue weighted by Gasteiger charge is -2.31. The van der Waals surface area contributed by atoms with Crippen molar-refractivity contribution in [1.82, 2.24) is 25.2 Å². The third-order valence-corrected chi connectivity index (χ3v) is 8.90. The maximum absolute atomic E-state index is 14.9. The van der Waals surface area contributed by atoms with E-state index in [4.69, 9.17) is 32.4 Å². The standard InChI is InChI=1S/C38H27Cl2N5O6/c39-27-19-25(31(44-37(47)48)29-13-4-5-15-41-29)36(33-24(27)12-7-17-43-33)51-38(49)45(21-22-9-2-1-3-10-22)34(30-14-8-18-50-30)26-20-28(40)23-11-6-16-42-32(23)35(26)46/h1-20,31,34,44,46H,21H2,(H,47,48). The van der Waals surface area contributed by atoms with Gasteiger partial charge >= 0.3 is 12.2 Å². The van der Waals surface area contributed by atoms with E-state index in [0.717, 1.165) is 5.56 Å². The Hall–Kier alpha value is -6.17. The molecule has 3 aromatic carbocycles. The number of ether oxygens (including phenoxy) is 1. The van der Waals surface area contributed by atoms with E-state index in [9.17, 15) is 19.8 Å². The van der Waals surface area contributed by atoms with Crippen molar-refractivity contribution >= 4 is 57.2 Å². The van der Waals surface area contributed by atoms with Crippen LogP contribution < -0.4 is 10.1 Å². The summed E-state index contributed by atoms with van der Waals surface area (Å²) in [6, 6.07) is 25.3. The predicted octanol–water partition coefficient (Wildman–Crippen LogP) is 8.93. The van der Waals surface area contributed by atoms with Gasteiger partial charge in [-0.1, -0.05) is 59.6 Å². The number of carbonyl (C=O) groups is 2. The number of aromatic hydroxyl groups is 1. The second-order valence-corrected chi connectivity index (χ2v) is 12.2. The van der Waals surface area contributed by atoms with E-state index in [1.807, 2.05) is 30.3 Å². The van der Waals surface area contributed by atoms with Crippen LogP contribution in [0.2, 0.25) is 10.0 Å². The Balaban J connectivity index is 1.43. The molecule has 0 aliphatic rings. The lowest BCUT2D eigenvalue weighted by molar-refractivity contribution is 0.129. The molecule has 11 nitrogen and oxygen atoms in total. The summed E-state index contributed by atoms with van der Waals surface area (Å²) in [5.74, 6) is 0.0354. The zero-order valence-electron chi connectivity index (χ0n) is 26.5. The minimum atomic E-state index is -1.35. The molecule has 0 radical (unpaired) electrons. The van der Waals surface area contributed by atoms with Gasteiger partial charge in [0, 0.05) is 40.5 Å². The number of fused-ring (bicyclic) bond motifs is 2. The zero-order valence-corrected chi connectivity index (χ0v) is 28.0. The van der Waals surface area contributed by atoms with Crippen molar-refractivity contribution in [3.8, 4) is 11.5 Å². The molecule has 2 atom stereocenters. The smallest absolute Gasteiger partial charge is 0.416 e. The molecular weight excluding hydrogens is 693 g/mol. The number of benzene rings is 3. The number of hydrogen-bond donors (Lipinski definition) is 3. The quantitative estimate of drug-likeness (QED) is 0.133. The number of pyridine rings is 3. The molecule has 4 heterocycles. The molecule has 51 heavy (non-hydrogen) atoms. The number of carbonyl (C=O) groups excluding carboxylic acids is 1. The summed E-state index contributed by atoms with van der Waals surface area (Å²) >= 11 is 13.5. The molecule has 7 aromatic rings. The first-order valence-electron chi connectivity index (χ1n) is 15.6. The third-order valence-electron chi connectivity index (χ3n) is 8.27. The van der Waals surface area contributed by atoms with Gasteiger partial charge in [-0.3, -0.25) is 19.9 Å². The van der Waals surface area contributed by atoms with E-state index in [1.165, 1.54) is 35.8 Å². The second kappa shape index (κ2) is 14.4. The van der Waals surface area contributed by atoms with Crippen molar-refractivity contribution in [3.63, 3.8) is 0 Å². The lowest BCUT2D eigenvalue weighted by Crippen LogP contribution is -2.38. The van der Waals surface area contributed by atoms with Crippen molar-refractivity contribution < 1.29 is 29.0 Å². The minimum absolute atomic E-state index is 0.0202. The number of furan rings is 1. The molecule has 0 saturated heterocycles. The van der Waals surface area contributed by atoms with Crippen LogP contribution in [0.15, 0.2) is 126 Å². The van der Waals surface area contributed by atoms with Gasteiger partial charge in [0.1, 0.15) is 34.6 Å². The monoisotopic (exact) mass is 719 g/mol. The molecule has 0 fully saturated rings. The Labute approximate surface area is 300 Å². The van der Waals surface area contributed by atoms with Crippen LogP contribution in [0.25, 0.3) is 21.8 Å². The van der Waals surface area contributed by atoms with Crippen LogP contribution in [0, 0.1) is 0 Å². The number of nitrogens with one attached hydrogen (secondary N) is 1. The van der Waals surface area contributed by atoms with Gasteiger partial charge in [-0.05, 0) is 66.2 Å². The largest absolute Gasteiger partial charge is 0.505 e. The Morgan fingerprint density at radius 3 is 2.14 bits per heavy atom. The molecule has 0 bridgehead atoms. The third kappa shape index (κ3) is 6.72. The SMILES string of the molecule is O=C(O)NC(c1ccccn1)c1cc(Cl)c2cccnc2c1OC(=O)N(Cc1ccccc1)C(c1ccco1)c1cc(Cl)c2cccnc2c1O. The van der Waals surface area contributed by atoms with Crippen LogP contribution in [0.5, 0.6) is 11.5 Å². The molecule has 4 aromatic heterocycles. The fourth-order valence-corrected chi connectivity index (χ4v) is 6.56. The summed E-state index contributed by atoms with van der Waals surface area (Å²) < 4.78 is 12.2. The van der Waals surface area contributed by atoms with Crippen molar-refractivity contribution in [3.05, 3.63) is 160 Å².